The summed E-state index contributed by atoms with van der Waals surface area (Å²) in [5.74, 6) is -2.96. The SMILES string of the molecule is [B]C([B])CC(CC([B])[B])CC(CC(CC([B])[B])CC([B])[B])CC(CC(CC(CC([B])[B])CC([B])[B])CC(CC([B])[B])CC([B])[B])CC(CC(CC(CC(CC([B])[B])CC([B])[B])CC(CC([B])[B])CC([B])[B])CC(CC(CC([B])[B])CC([B])[B])CC(CC([B])[B])CC([B])[B])CC(CC(CC(CC([B])[B])CC([B])[B])CC(CC([B])[B])CC([B])C)CC(CC(CC([B])[B])CC([B])[B])CC1CC([B])[B]C([B])C1. The molecule has 0 amide bonds. The van der Waals surface area contributed by atoms with E-state index in [1.807, 2.05) is 6.92 Å². The van der Waals surface area contributed by atoms with Gasteiger partial charge in [-0.15, -0.1) is 131 Å². The Morgan fingerprint density at radius 2 is 0.225 bits per heavy atom. The van der Waals surface area contributed by atoms with Crippen LogP contribution in [0.4, 0.5) is 0 Å². The van der Waals surface area contributed by atoms with Crippen molar-refractivity contribution in [1.29, 1.82) is 0 Å². The second kappa shape index (κ2) is 77.3. The maximum Gasteiger partial charge on any atom is 0.0968 e. The molecule has 1 fully saturated rings. The molecule has 0 aromatic rings. The van der Waals surface area contributed by atoms with E-state index in [-0.39, 0.29) is 147 Å². The van der Waals surface area contributed by atoms with Crippen LogP contribution < -0.4 is 0 Å². The lowest BCUT2D eigenvalue weighted by molar-refractivity contribution is 0.123. The molecule has 0 aromatic carbocycles. The smallest absolute Gasteiger partial charge is 0.0968 e. The van der Waals surface area contributed by atoms with Gasteiger partial charge in [-0.2, -0.15) is 0 Å². The first-order valence-corrected chi connectivity index (χ1v) is 53.0. The van der Waals surface area contributed by atoms with Gasteiger partial charge in [0.15, 0.2) is 0 Å². The summed E-state index contributed by atoms with van der Waals surface area (Å²) in [5.41, 5.74) is -15.5. The molecule has 0 nitrogen and oxygen atoms in total. The van der Waals surface area contributed by atoms with Gasteiger partial charge in [-0.1, -0.05) is 167 Å². The summed E-state index contributed by atoms with van der Waals surface area (Å²) in [6.45, 7) is 2.02. The molecule has 7 unspecified atom stereocenters. The monoisotopic (exact) mass is 1750 g/mol. The maximum atomic E-state index is 7.02. The quantitative estimate of drug-likeness (QED) is 0.0533. The molecule has 0 saturated carbocycles. The fraction of sp³-hybridized carbons (Fsp3) is 1.00. The molecule has 0 bridgehead atoms. The first-order chi connectivity index (χ1) is 64.1. The van der Waals surface area contributed by atoms with Crippen molar-refractivity contribution in [3.05, 3.63) is 0 Å². The van der Waals surface area contributed by atoms with E-state index < -0.39 is 120 Å². The zero-order chi connectivity index (χ0) is 105. The van der Waals surface area contributed by atoms with Gasteiger partial charge < -0.3 is 0 Å². The highest BCUT2D eigenvalue weighted by atomic mass is 14.4. The summed E-state index contributed by atoms with van der Waals surface area (Å²) in [5, 5.41) is 0. The lowest BCUT2D eigenvalue weighted by atomic mass is 9.36. The first kappa shape index (κ1) is 139. The number of hydrogen-bond donors (Lipinski definition) is 0. The lowest BCUT2D eigenvalue weighted by Crippen LogP contribution is -2.29. The van der Waals surface area contributed by atoms with Gasteiger partial charge in [-0.05, 0) is 265 Å². The Labute approximate surface area is 916 Å². The van der Waals surface area contributed by atoms with Crippen molar-refractivity contribution in [2.24, 2.45) is 130 Å². The van der Waals surface area contributed by atoms with Gasteiger partial charge in [0.25, 0.3) is 0 Å². The summed E-state index contributed by atoms with van der Waals surface area (Å²) < 4.78 is 0. The second-order valence-electron chi connectivity index (χ2n) is 46.1. The molecule has 1 aliphatic rings. The van der Waals surface area contributed by atoms with E-state index in [9.17, 15) is 0 Å². The van der Waals surface area contributed by atoms with Gasteiger partial charge in [0.1, 0.15) is 0 Å². The average Bonchev–Trinajstić information content (AvgIpc) is 0.853. The van der Waals surface area contributed by atoms with E-state index in [4.69, 9.17) is 353 Å². The van der Waals surface area contributed by atoms with E-state index in [1.54, 1.807) is 0 Å². The van der Waals surface area contributed by atoms with Crippen LogP contribution in [0.25, 0.3) is 0 Å². The summed E-state index contributed by atoms with van der Waals surface area (Å²) in [6.07, 6.45) is 24.1. The number of hydrogen-bond acceptors (Lipinski definition) is 0. The van der Waals surface area contributed by atoms with Crippen LogP contribution in [0.3, 0.4) is 0 Å². The maximum absolute atomic E-state index is 7.02. The molecule has 1 rings (SSSR count). The minimum atomic E-state index is -0.722. The molecule has 0 aliphatic carbocycles. The Morgan fingerprint density at radius 1 is 0.138 bits per heavy atom. The molecular weight excluding hydrogens is 1600 g/mol. The lowest BCUT2D eigenvalue weighted by Gasteiger charge is -2.40. The normalized spacial score (nSPS) is 16.6. The molecule has 645 valence electrons. The van der Waals surface area contributed by atoms with Gasteiger partial charge in [0, 0.05) is 0 Å². The van der Waals surface area contributed by atoms with Crippen molar-refractivity contribution in [1.82, 2.24) is 0 Å². The van der Waals surface area contributed by atoms with E-state index >= 15 is 0 Å². The van der Waals surface area contributed by atoms with Crippen LogP contribution >= 0.6 is 0 Å². The molecule has 1 heterocycles. The third kappa shape index (κ3) is 75.7. The van der Waals surface area contributed by atoms with Crippen LogP contribution in [0.15, 0.2) is 0 Å². The average molecular weight is 1740 g/mol. The van der Waals surface area contributed by atoms with Crippen molar-refractivity contribution in [3.8, 4) is 0 Å². The molecule has 0 aromatic heterocycles. The van der Waals surface area contributed by atoms with Gasteiger partial charge in [0.05, 0.1) is 360 Å². The van der Waals surface area contributed by atoms with E-state index in [0.29, 0.717) is 283 Å². The van der Waals surface area contributed by atoms with E-state index in [1.165, 1.54) is 0 Å². The highest BCUT2D eigenvalue weighted by molar-refractivity contribution is 6.59. The van der Waals surface area contributed by atoms with Crippen LogP contribution in [0.2, 0.25) is 137 Å². The highest BCUT2D eigenvalue weighted by Gasteiger charge is 2.40. The Balaban J connectivity index is 6.21. The largest absolute Gasteiger partial charge is 0.109 e. The molecule has 138 heavy (non-hydrogen) atoms. The van der Waals surface area contributed by atoms with Gasteiger partial charge in [-0.25, -0.2) is 0 Å². The molecule has 0 N–H and O–H groups in total. The molecule has 0 spiro atoms. The summed E-state index contributed by atoms with van der Waals surface area (Å²) in [7, 11) is 305. The Hall–Kier alpha value is 2.99. The highest BCUT2D eigenvalue weighted by Crippen LogP contribution is 2.52. The van der Waals surface area contributed by atoms with Crippen LogP contribution in [0.1, 0.15) is 296 Å². The van der Waals surface area contributed by atoms with E-state index in [2.05, 4.69) is 7.28 Å². The summed E-state index contributed by atoms with van der Waals surface area (Å²) in [6, 6.07) is 0. The molecular formula is C92H139B46. The molecule has 1 aliphatic heterocycles. The predicted octanol–water partition coefficient (Wildman–Crippen LogP) is 11.4. The summed E-state index contributed by atoms with van der Waals surface area (Å²) >= 11 is 0. The minimum Gasteiger partial charge on any atom is -0.109 e. The van der Waals surface area contributed by atoms with Crippen LogP contribution in [-0.4, -0.2) is 360 Å². The second-order valence-corrected chi connectivity index (χ2v) is 46.1. The van der Waals surface area contributed by atoms with Crippen molar-refractivity contribution in [2.45, 2.75) is 433 Å². The summed E-state index contributed by atoms with van der Waals surface area (Å²) in [4.78, 5) is 0. The zero-order valence-corrected chi connectivity index (χ0v) is 85.9. The topological polar surface area (TPSA) is 0 Å². The molecule has 7 atom stereocenters. The predicted molar refractivity (Wildman–Crippen MR) is 645 cm³/mol. The molecule has 46 heteroatoms. The van der Waals surface area contributed by atoms with Crippen molar-refractivity contribution in [2.75, 3.05) is 0 Å². The Bertz CT molecular complexity index is 2360. The van der Waals surface area contributed by atoms with E-state index in [0.717, 1.165) is 6.42 Å². The fourth-order valence-corrected chi connectivity index (χ4v) is 26.1. The Morgan fingerprint density at radius 3 is 0.319 bits per heavy atom. The van der Waals surface area contributed by atoms with Crippen LogP contribution in [0, 0.1) is 130 Å². The van der Waals surface area contributed by atoms with Crippen molar-refractivity contribution >= 4 is 360 Å². The third-order valence-electron chi connectivity index (χ3n) is 29.1. The van der Waals surface area contributed by atoms with Crippen molar-refractivity contribution < 1.29 is 0 Å². The molecule has 1 saturated heterocycles. The van der Waals surface area contributed by atoms with Crippen LogP contribution in [0.5, 0.6) is 0 Å². The minimum absolute atomic E-state index is 0.0170. The van der Waals surface area contributed by atoms with Gasteiger partial charge in [0.2, 0.25) is 0 Å². The van der Waals surface area contributed by atoms with Crippen molar-refractivity contribution in [3.63, 3.8) is 0 Å². The van der Waals surface area contributed by atoms with Gasteiger partial charge in [-0.3, -0.25) is 0 Å². The zero-order valence-electron chi connectivity index (χ0n) is 85.9. The fourth-order valence-electron chi connectivity index (χ4n) is 26.1. The first-order valence-electron chi connectivity index (χ1n) is 53.0. The third-order valence-corrected chi connectivity index (χ3v) is 29.1. The standard InChI is InChI=1S/C92H139B46/c1-47(93)2-48(24-70(94)95)3-49(13-59(25-71(96)97)26-72(98)99)4-50(12-58(22-68(43-89(132)133)44-90(134)135)23-69-45-91(136)138-92(137)46-69)5-51(6-52(8-54(14-60(27-73(100)101)28-74(102)103)15-61(29-75(104)105)30-76(106)107)9-55(16-62(31-77(108)109)32-78(110)111)17-63(33-79(112)113)34-80(114)115)7-53(10-56(18-64(35-81(116)117)36-82(118)119)19-65(37-83(120)121)38-84(122)123)11-57(20-66(39-85(124)125)40-86(126)127)21-67(41-87(128)129)42-88(130)131/h47-92H,2-46H2,1H3. The number of rotatable bonds is 86. The van der Waals surface area contributed by atoms with Gasteiger partial charge >= 0.3 is 0 Å². The molecule has 91 radical (unpaired) electrons. The van der Waals surface area contributed by atoms with Crippen LogP contribution in [-0.2, 0) is 0 Å². The Kier molecular flexibility index (Phi) is 77.9.